The number of nitrogens with one attached hydrogen (secondary N) is 2. The number of carbonyl (C=O) groups excluding carboxylic acids is 2. The number of carbonyl (C=O) groups is 2. The molecule has 1 saturated carbocycles. The van der Waals surface area contributed by atoms with Crippen LogP contribution in [0, 0.1) is 5.92 Å². The fraction of sp³-hybridized carbons (Fsp3) is 0.556. The largest absolute Gasteiger partial charge is 0.484 e. The summed E-state index contributed by atoms with van der Waals surface area (Å²) in [6.07, 6.45) is 4.90. The quantitative estimate of drug-likeness (QED) is 0.590. The molecule has 140 valence electrons. The zero-order valence-electron chi connectivity index (χ0n) is 14.6. The molecule has 1 fully saturated rings. The Kier molecular flexibility index (Phi) is 9.31. The standard InChI is InChI=1S/C18H27N3O3.ClH/c1-2-3-5-15(11-19)20-17(22)12-24-16-7-4-6-14(10-16)21-18(23)13-8-9-13;/h4,6-7,10,13,15H,2-3,5,8-9,11-12,19H2,1H3,(H,20,22)(H,21,23);1H. The van der Waals surface area contributed by atoms with E-state index in [2.05, 4.69) is 17.6 Å². The van der Waals surface area contributed by atoms with Gasteiger partial charge in [-0.3, -0.25) is 9.59 Å². The van der Waals surface area contributed by atoms with Crippen LogP contribution in [0.25, 0.3) is 0 Å². The number of ether oxygens (including phenoxy) is 1. The molecule has 4 N–H and O–H groups in total. The maximum atomic E-state index is 11.9. The minimum atomic E-state index is -0.186. The van der Waals surface area contributed by atoms with Crippen molar-refractivity contribution >= 4 is 29.9 Å². The monoisotopic (exact) mass is 369 g/mol. The lowest BCUT2D eigenvalue weighted by molar-refractivity contribution is -0.123. The van der Waals surface area contributed by atoms with Crippen LogP contribution in [0.15, 0.2) is 24.3 Å². The zero-order chi connectivity index (χ0) is 17.4. The molecule has 2 rings (SSSR count). The van der Waals surface area contributed by atoms with Crippen molar-refractivity contribution < 1.29 is 14.3 Å². The summed E-state index contributed by atoms with van der Waals surface area (Å²) < 4.78 is 5.51. The van der Waals surface area contributed by atoms with Gasteiger partial charge in [-0.05, 0) is 31.4 Å². The average molecular weight is 370 g/mol. The fourth-order valence-corrected chi connectivity index (χ4v) is 2.37. The first-order valence-corrected chi connectivity index (χ1v) is 8.65. The first-order chi connectivity index (χ1) is 11.6. The molecule has 1 aliphatic rings. The minimum Gasteiger partial charge on any atom is -0.484 e. The summed E-state index contributed by atoms with van der Waals surface area (Å²) in [4.78, 5) is 23.7. The Morgan fingerprint density at radius 2 is 2.12 bits per heavy atom. The Bertz CT molecular complexity index is 564. The van der Waals surface area contributed by atoms with E-state index in [0.717, 1.165) is 32.1 Å². The number of halogens is 1. The summed E-state index contributed by atoms with van der Waals surface area (Å²) >= 11 is 0. The smallest absolute Gasteiger partial charge is 0.258 e. The normalized spacial score (nSPS) is 14.2. The predicted molar refractivity (Wildman–Crippen MR) is 101 cm³/mol. The number of benzene rings is 1. The van der Waals surface area contributed by atoms with Crippen LogP contribution in [0.2, 0.25) is 0 Å². The molecule has 0 bridgehead atoms. The van der Waals surface area contributed by atoms with Gasteiger partial charge in [-0.15, -0.1) is 12.4 Å². The summed E-state index contributed by atoms with van der Waals surface area (Å²) in [5.41, 5.74) is 6.36. The minimum absolute atomic E-state index is 0. The zero-order valence-corrected chi connectivity index (χ0v) is 15.4. The molecule has 1 unspecified atom stereocenters. The van der Waals surface area contributed by atoms with Gasteiger partial charge in [0.1, 0.15) is 5.75 Å². The Hall–Kier alpha value is -1.79. The maximum Gasteiger partial charge on any atom is 0.258 e. The number of amides is 2. The van der Waals surface area contributed by atoms with Crippen LogP contribution in [-0.2, 0) is 9.59 Å². The van der Waals surface area contributed by atoms with Gasteiger partial charge in [0.25, 0.3) is 5.91 Å². The van der Waals surface area contributed by atoms with E-state index in [1.165, 1.54) is 0 Å². The van der Waals surface area contributed by atoms with Crippen LogP contribution in [-0.4, -0.2) is 31.0 Å². The van der Waals surface area contributed by atoms with E-state index in [0.29, 0.717) is 18.0 Å². The van der Waals surface area contributed by atoms with Gasteiger partial charge in [0.2, 0.25) is 5.91 Å². The van der Waals surface area contributed by atoms with Gasteiger partial charge >= 0.3 is 0 Å². The first kappa shape index (κ1) is 21.3. The molecular formula is C18H28ClN3O3. The van der Waals surface area contributed by atoms with Gasteiger partial charge in [0, 0.05) is 30.3 Å². The Balaban J connectivity index is 0.00000312. The maximum absolute atomic E-state index is 11.9. The molecule has 1 aliphatic carbocycles. The van der Waals surface area contributed by atoms with Crippen LogP contribution >= 0.6 is 12.4 Å². The first-order valence-electron chi connectivity index (χ1n) is 8.65. The lowest BCUT2D eigenvalue weighted by Gasteiger charge is -2.16. The van der Waals surface area contributed by atoms with Crippen LogP contribution < -0.4 is 21.1 Å². The summed E-state index contributed by atoms with van der Waals surface area (Å²) in [5.74, 6) is 0.564. The molecule has 2 amide bonds. The number of nitrogens with two attached hydrogens (primary N) is 1. The van der Waals surface area contributed by atoms with Crippen molar-refractivity contribution in [2.24, 2.45) is 11.7 Å². The van der Waals surface area contributed by atoms with Gasteiger partial charge in [-0.1, -0.05) is 25.8 Å². The molecule has 1 aromatic carbocycles. The third-order valence-corrected chi connectivity index (χ3v) is 3.98. The van der Waals surface area contributed by atoms with Crippen LogP contribution in [0.1, 0.15) is 39.0 Å². The highest BCUT2D eigenvalue weighted by molar-refractivity contribution is 5.94. The van der Waals surface area contributed by atoms with Crippen molar-refractivity contribution in [2.75, 3.05) is 18.5 Å². The Labute approximate surface area is 155 Å². The average Bonchev–Trinajstić information content (AvgIpc) is 3.42. The summed E-state index contributed by atoms with van der Waals surface area (Å²) in [6.45, 7) is 2.46. The molecule has 0 radical (unpaired) electrons. The molecule has 0 heterocycles. The number of anilines is 1. The molecule has 0 saturated heterocycles. The Morgan fingerprint density at radius 1 is 1.36 bits per heavy atom. The predicted octanol–water partition coefficient (Wildman–Crippen LogP) is 2.47. The molecule has 0 aromatic heterocycles. The molecule has 6 nitrogen and oxygen atoms in total. The van der Waals surface area contributed by atoms with E-state index in [1.54, 1.807) is 18.2 Å². The van der Waals surface area contributed by atoms with E-state index in [-0.39, 0.29) is 42.8 Å². The van der Waals surface area contributed by atoms with Crippen molar-refractivity contribution in [1.29, 1.82) is 0 Å². The SMILES string of the molecule is CCCCC(CN)NC(=O)COc1cccc(NC(=O)C2CC2)c1.Cl. The summed E-state index contributed by atoms with van der Waals surface area (Å²) in [7, 11) is 0. The molecule has 1 atom stereocenters. The third kappa shape index (κ3) is 7.75. The van der Waals surface area contributed by atoms with E-state index in [9.17, 15) is 9.59 Å². The number of rotatable bonds is 10. The van der Waals surface area contributed by atoms with Crippen molar-refractivity contribution in [3.8, 4) is 5.75 Å². The lowest BCUT2D eigenvalue weighted by atomic mass is 10.1. The molecule has 7 heteroatoms. The molecular weight excluding hydrogens is 342 g/mol. The highest BCUT2D eigenvalue weighted by Crippen LogP contribution is 2.30. The molecule has 25 heavy (non-hydrogen) atoms. The van der Waals surface area contributed by atoms with Crippen LogP contribution in [0.4, 0.5) is 5.69 Å². The van der Waals surface area contributed by atoms with Crippen molar-refractivity contribution in [1.82, 2.24) is 5.32 Å². The highest BCUT2D eigenvalue weighted by atomic mass is 35.5. The van der Waals surface area contributed by atoms with Gasteiger partial charge in [-0.2, -0.15) is 0 Å². The van der Waals surface area contributed by atoms with E-state index >= 15 is 0 Å². The third-order valence-electron chi connectivity index (χ3n) is 3.98. The molecule has 1 aromatic rings. The van der Waals surface area contributed by atoms with Gasteiger partial charge < -0.3 is 21.1 Å². The second kappa shape index (κ2) is 10.9. The van der Waals surface area contributed by atoms with Crippen molar-refractivity contribution in [2.45, 2.75) is 45.1 Å². The topological polar surface area (TPSA) is 93.4 Å². The summed E-state index contributed by atoms with van der Waals surface area (Å²) in [5, 5.41) is 5.74. The van der Waals surface area contributed by atoms with Crippen molar-refractivity contribution in [3.05, 3.63) is 24.3 Å². The van der Waals surface area contributed by atoms with Crippen molar-refractivity contribution in [3.63, 3.8) is 0 Å². The van der Waals surface area contributed by atoms with Gasteiger partial charge in [0.15, 0.2) is 6.61 Å². The fourth-order valence-electron chi connectivity index (χ4n) is 2.37. The molecule has 0 spiro atoms. The van der Waals surface area contributed by atoms with E-state index < -0.39 is 0 Å². The Morgan fingerprint density at radius 3 is 2.76 bits per heavy atom. The number of hydrogen-bond donors (Lipinski definition) is 3. The van der Waals surface area contributed by atoms with Gasteiger partial charge in [0.05, 0.1) is 0 Å². The lowest BCUT2D eigenvalue weighted by Crippen LogP contribution is -2.42. The van der Waals surface area contributed by atoms with Crippen LogP contribution in [0.5, 0.6) is 5.75 Å². The van der Waals surface area contributed by atoms with Gasteiger partial charge in [-0.25, -0.2) is 0 Å². The summed E-state index contributed by atoms with van der Waals surface area (Å²) in [6, 6.07) is 7.08. The number of unbranched alkanes of at least 4 members (excludes halogenated alkanes) is 1. The molecule has 0 aliphatic heterocycles. The second-order valence-corrected chi connectivity index (χ2v) is 6.22. The van der Waals surface area contributed by atoms with E-state index in [1.807, 2.05) is 6.07 Å². The number of hydrogen-bond acceptors (Lipinski definition) is 4. The second-order valence-electron chi connectivity index (χ2n) is 6.22. The van der Waals surface area contributed by atoms with E-state index in [4.69, 9.17) is 10.5 Å². The van der Waals surface area contributed by atoms with Crippen LogP contribution in [0.3, 0.4) is 0 Å². The highest BCUT2D eigenvalue weighted by Gasteiger charge is 2.29.